The molecule has 0 radical (unpaired) electrons. The molecule has 1 saturated heterocycles. The van der Waals surface area contributed by atoms with E-state index in [4.69, 9.17) is 4.74 Å². The van der Waals surface area contributed by atoms with Crippen LogP contribution < -0.4 is 11.2 Å². The quantitative estimate of drug-likeness (QED) is 0.503. The minimum atomic E-state index is -1.45. The van der Waals surface area contributed by atoms with E-state index in [1.165, 1.54) is 6.92 Å². The van der Waals surface area contributed by atoms with Crippen LogP contribution in [0.5, 0.6) is 0 Å². The van der Waals surface area contributed by atoms with Crippen molar-refractivity contribution in [3.8, 4) is 0 Å². The van der Waals surface area contributed by atoms with Crippen LogP contribution in [0, 0.1) is 0 Å². The van der Waals surface area contributed by atoms with Crippen molar-refractivity contribution in [1.29, 1.82) is 0 Å². The van der Waals surface area contributed by atoms with Crippen LogP contribution in [0.1, 0.15) is 13.2 Å². The standard InChI is InChI=1S/C10H13N3O7/c1-4(14)19-3-5-7(16)8(17)9(20-5)13-10(18)12-6(15)2-11-13/h2,5,7-9,16-17H,3H2,1H3,(H,12,15,18). The largest absolute Gasteiger partial charge is 0.463 e. The predicted molar refractivity (Wildman–Crippen MR) is 61.7 cm³/mol. The molecule has 0 amide bonds. The van der Waals surface area contributed by atoms with Crippen LogP contribution in [0.3, 0.4) is 0 Å². The second-order valence-corrected chi connectivity index (χ2v) is 4.23. The van der Waals surface area contributed by atoms with Gasteiger partial charge < -0.3 is 19.7 Å². The van der Waals surface area contributed by atoms with Gasteiger partial charge >= 0.3 is 11.7 Å². The summed E-state index contributed by atoms with van der Waals surface area (Å²) in [6, 6.07) is 0. The maximum absolute atomic E-state index is 11.5. The highest BCUT2D eigenvalue weighted by atomic mass is 16.6. The van der Waals surface area contributed by atoms with E-state index >= 15 is 0 Å². The van der Waals surface area contributed by atoms with Crippen molar-refractivity contribution in [2.45, 2.75) is 31.5 Å². The number of rotatable bonds is 3. The maximum atomic E-state index is 11.5. The number of H-pyrrole nitrogens is 1. The number of aromatic amines is 1. The molecule has 0 saturated carbocycles. The summed E-state index contributed by atoms with van der Waals surface area (Å²) >= 11 is 0. The zero-order valence-electron chi connectivity index (χ0n) is 10.4. The van der Waals surface area contributed by atoms with E-state index in [1.54, 1.807) is 0 Å². The Balaban J connectivity index is 2.19. The Morgan fingerprint density at radius 3 is 2.80 bits per heavy atom. The molecule has 0 aliphatic carbocycles. The van der Waals surface area contributed by atoms with E-state index in [0.717, 1.165) is 6.20 Å². The second kappa shape index (κ2) is 5.53. The van der Waals surface area contributed by atoms with Crippen LogP contribution in [-0.4, -0.2) is 55.9 Å². The second-order valence-electron chi connectivity index (χ2n) is 4.23. The van der Waals surface area contributed by atoms with Gasteiger partial charge in [-0.3, -0.25) is 14.6 Å². The zero-order chi connectivity index (χ0) is 14.9. The van der Waals surface area contributed by atoms with E-state index < -0.39 is 41.8 Å². The van der Waals surface area contributed by atoms with Crippen LogP contribution >= 0.6 is 0 Å². The molecule has 10 nitrogen and oxygen atoms in total. The third-order valence-electron chi connectivity index (χ3n) is 2.77. The van der Waals surface area contributed by atoms with Crippen LogP contribution in [0.2, 0.25) is 0 Å². The van der Waals surface area contributed by atoms with E-state index in [2.05, 4.69) is 9.84 Å². The van der Waals surface area contributed by atoms with Gasteiger partial charge in [-0.2, -0.15) is 9.78 Å². The summed E-state index contributed by atoms with van der Waals surface area (Å²) in [4.78, 5) is 35.1. The normalized spacial score (nSPS) is 29.4. The van der Waals surface area contributed by atoms with E-state index in [9.17, 15) is 24.6 Å². The van der Waals surface area contributed by atoms with Crippen molar-refractivity contribution in [3.05, 3.63) is 27.0 Å². The van der Waals surface area contributed by atoms with Crippen molar-refractivity contribution in [1.82, 2.24) is 14.8 Å². The van der Waals surface area contributed by atoms with Crippen molar-refractivity contribution in [2.75, 3.05) is 6.61 Å². The SMILES string of the molecule is CC(=O)OCC1OC(n2ncc(=O)[nH]c2=O)C(O)C1O. The number of nitrogens with one attached hydrogen (secondary N) is 1. The molecule has 1 aliphatic rings. The summed E-state index contributed by atoms with van der Waals surface area (Å²) < 4.78 is 10.6. The summed E-state index contributed by atoms with van der Waals surface area (Å²) in [5.74, 6) is -0.571. The number of nitrogens with zero attached hydrogens (tertiary/aromatic N) is 2. The van der Waals surface area contributed by atoms with Gasteiger partial charge in [0.15, 0.2) is 6.23 Å². The lowest BCUT2D eigenvalue weighted by molar-refractivity contribution is -0.147. The highest BCUT2D eigenvalue weighted by Crippen LogP contribution is 2.27. The Bertz CT molecular complexity index is 609. The first kappa shape index (κ1) is 14.4. The summed E-state index contributed by atoms with van der Waals surface area (Å²) in [5, 5.41) is 23.1. The molecule has 0 spiro atoms. The van der Waals surface area contributed by atoms with Gasteiger partial charge in [-0.05, 0) is 0 Å². The minimum Gasteiger partial charge on any atom is -0.463 e. The predicted octanol–water partition coefficient (Wildman–Crippen LogP) is -2.89. The monoisotopic (exact) mass is 287 g/mol. The Morgan fingerprint density at radius 1 is 1.50 bits per heavy atom. The summed E-state index contributed by atoms with van der Waals surface area (Å²) in [5.41, 5.74) is -1.59. The Labute approximate surface area is 111 Å². The Kier molecular flexibility index (Phi) is 3.97. The first-order valence-electron chi connectivity index (χ1n) is 5.73. The van der Waals surface area contributed by atoms with Gasteiger partial charge in [-0.15, -0.1) is 0 Å². The first-order valence-corrected chi connectivity index (χ1v) is 5.73. The molecule has 1 aromatic rings. The molecule has 1 fully saturated rings. The average Bonchev–Trinajstić information content (AvgIpc) is 2.64. The molecular weight excluding hydrogens is 274 g/mol. The van der Waals surface area contributed by atoms with Gasteiger partial charge in [0.25, 0.3) is 5.56 Å². The van der Waals surface area contributed by atoms with Crippen molar-refractivity contribution in [3.63, 3.8) is 0 Å². The molecular formula is C10H13N3O7. The number of carbonyl (C=O) groups is 1. The maximum Gasteiger partial charge on any atom is 0.347 e. The molecule has 0 bridgehead atoms. The number of carbonyl (C=O) groups excluding carboxylic acids is 1. The number of aliphatic hydroxyl groups excluding tert-OH is 2. The first-order chi connectivity index (χ1) is 9.40. The Hall–Kier alpha value is -2.04. The number of hydrogen-bond acceptors (Lipinski definition) is 8. The molecule has 4 atom stereocenters. The molecule has 20 heavy (non-hydrogen) atoms. The zero-order valence-corrected chi connectivity index (χ0v) is 10.4. The topological polar surface area (TPSA) is 144 Å². The van der Waals surface area contributed by atoms with Crippen LogP contribution in [-0.2, 0) is 14.3 Å². The van der Waals surface area contributed by atoms with Gasteiger partial charge in [0, 0.05) is 6.92 Å². The lowest BCUT2D eigenvalue weighted by atomic mass is 10.1. The van der Waals surface area contributed by atoms with E-state index in [-0.39, 0.29) is 6.61 Å². The van der Waals surface area contributed by atoms with E-state index in [1.807, 2.05) is 4.98 Å². The minimum absolute atomic E-state index is 0.276. The summed E-state index contributed by atoms with van der Waals surface area (Å²) in [6.07, 6.45) is -4.26. The average molecular weight is 287 g/mol. The number of hydrogen-bond donors (Lipinski definition) is 3. The summed E-state index contributed by atoms with van der Waals surface area (Å²) in [7, 11) is 0. The highest BCUT2D eigenvalue weighted by molar-refractivity contribution is 5.65. The van der Waals surface area contributed by atoms with Crippen LogP contribution in [0.25, 0.3) is 0 Å². The van der Waals surface area contributed by atoms with Crippen molar-refractivity contribution < 1.29 is 24.5 Å². The van der Waals surface area contributed by atoms with Gasteiger partial charge in [-0.25, -0.2) is 4.79 Å². The molecule has 2 heterocycles. The molecule has 110 valence electrons. The third-order valence-corrected chi connectivity index (χ3v) is 2.77. The van der Waals surface area contributed by atoms with Crippen LogP contribution in [0.4, 0.5) is 0 Å². The smallest absolute Gasteiger partial charge is 0.347 e. The molecule has 4 unspecified atom stereocenters. The molecule has 1 aromatic heterocycles. The van der Waals surface area contributed by atoms with Gasteiger partial charge in [0.2, 0.25) is 0 Å². The lowest BCUT2D eigenvalue weighted by Gasteiger charge is -2.15. The number of ether oxygens (including phenoxy) is 2. The molecule has 2 rings (SSSR count). The molecule has 3 N–H and O–H groups in total. The lowest BCUT2D eigenvalue weighted by Crippen LogP contribution is -2.39. The Morgan fingerprint density at radius 2 is 2.20 bits per heavy atom. The number of esters is 1. The van der Waals surface area contributed by atoms with Gasteiger partial charge in [0.05, 0.1) is 0 Å². The van der Waals surface area contributed by atoms with Crippen molar-refractivity contribution in [2.24, 2.45) is 0 Å². The highest BCUT2D eigenvalue weighted by Gasteiger charge is 2.45. The van der Waals surface area contributed by atoms with Gasteiger partial charge in [-0.1, -0.05) is 0 Å². The fourth-order valence-corrected chi connectivity index (χ4v) is 1.81. The van der Waals surface area contributed by atoms with Crippen LogP contribution in [0.15, 0.2) is 15.8 Å². The van der Waals surface area contributed by atoms with E-state index in [0.29, 0.717) is 4.68 Å². The number of aromatic nitrogens is 3. The molecule has 1 aliphatic heterocycles. The fraction of sp³-hybridized carbons (Fsp3) is 0.600. The molecule has 10 heteroatoms. The molecule has 0 aromatic carbocycles. The summed E-state index contributed by atoms with van der Waals surface area (Å²) in [6.45, 7) is 0.908. The van der Waals surface area contributed by atoms with Crippen molar-refractivity contribution >= 4 is 5.97 Å². The third kappa shape index (κ3) is 2.76. The fourth-order valence-electron chi connectivity index (χ4n) is 1.81. The number of aliphatic hydroxyl groups is 2. The van der Waals surface area contributed by atoms with Gasteiger partial charge in [0.1, 0.15) is 31.1 Å².